The summed E-state index contributed by atoms with van der Waals surface area (Å²) in [5.41, 5.74) is 5.75. The molecule has 0 amide bonds. The van der Waals surface area contributed by atoms with Gasteiger partial charge >= 0.3 is 0 Å². The Balaban J connectivity index is 2.15. The van der Waals surface area contributed by atoms with Crippen molar-refractivity contribution in [2.75, 3.05) is 0 Å². The average molecular weight is 155 g/mol. The van der Waals surface area contributed by atoms with Crippen LogP contribution >= 0.6 is 0 Å². The van der Waals surface area contributed by atoms with Crippen molar-refractivity contribution in [3.63, 3.8) is 0 Å². The Morgan fingerprint density at radius 1 is 1.27 bits per heavy atom. The van der Waals surface area contributed by atoms with Crippen LogP contribution in [-0.2, 0) is 9.47 Å². The third kappa shape index (κ3) is 1.09. The Hall–Kier alpha value is -0.380. The first-order chi connectivity index (χ1) is 5.08. The van der Waals surface area contributed by atoms with E-state index in [1.807, 2.05) is 26.0 Å². The van der Waals surface area contributed by atoms with Crippen LogP contribution in [0.4, 0.5) is 0 Å². The number of hydrogen-bond donors (Lipinski definition) is 1. The van der Waals surface area contributed by atoms with Crippen molar-refractivity contribution < 1.29 is 9.47 Å². The lowest BCUT2D eigenvalue weighted by molar-refractivity contribution is -0.144. The Kier molecular flexibility index (Phi) is 1.36. The van der Waals surface area contributed by atoms with E-state index < -0.39 is 5.79 Å². The van der Waals surface area contributed by atoms with Gasteiger partial charge in [-0.15, -0.1) is 0 Å². The van der Waals surface area contributed by atoms with Crippen molar-refractivity contribution in [2.45, 2.75) is 37.9 Å². The van der Waals surface area contributed by atoms with Gasteiger partial charge in [0, 0.05) is 0 Å². The molecular weight excluding hydrogens is 142 g/mol. The van der Waals surface area contributed by atoms with Crippen LogP contribution in [0.15, 0.2) is 12.2 Å². The van der Waals surface area contributed by atoms with Gasteiger partial charge in [-0.05, 0) is 13.8 Å². The maximum absolute atomic E-state index is 5.75. The molecular formula is C8H13NO2. The predicted octanol–water partition coefficient (Wildman–Crippen LogP) is 0.404. The van der Waals surface area contributed by atoms with Crippen LogP contribution in [0, 0.1) is 0 Å². The molecule has 0 spiro atoms. The maximum Gasteiger partial charge on any atom is 0.164 e. The first-order valence-electron chi connectivity index (χ1n) is 3.88. The lowest BCUT2D eigenvalue weighted by atomic mass is 10.2. The molecule has 62 valence electrons. The van der Waals surface area contributed by atoms with E-state index in [0.717, 1.165) is 0 Å². The van der Waals surface area contributed by atoms with Gasteiger partial charge in [0.1, 0.15) is 12.2 Å². The highest BCUT2D eigenvalue weighted by Gasteiger charge is 2.44. The quantitative estimate of drug-likeness (QED) is 0.515. The molecule has 0 aromatic carbocycles. The minimum absolute atomic E-state index is 0.00164. The molecule has 2 rings (SSSR count). The van der Waals surface area contributed by atoms with Crippen molar-refractivity contribution >= 4 is 0 Å². The summed E-state index contributed by atoms with van der Waals surface area (Å²) < 4.78 is 11.1. The van der Waals surface area contributed by atoms with Crippen LogP contribution in [0.25, 0.3) is 0 Å². The molecule has 1 unspecified atom stereocenters. The summed E-state index contributed by atoms with van der Waals surface area (Å²) >= 11 is 0. The van der Waals surface area contributed by atoms with Gasteiger partial charge in [-0.25, -0.2) is 0 Å². The fourth-order valence-corrected chi connectivity index (χ4v) is 1.61. The molecule has 0 saturated carbocycles. The standard InChI is InChI=1S/C8H13NO2/c1-8(2)10-6-4-3-5(9)7(6)11-8/h3-7H,9H2,1-2H3/t5-,6-,7?/m1/s1. The van der Waals surface area contributed by atoms with Gasteiger partial charge < -0.3 is 15.2 Å². The number of hydrogen-bond acceptors (Lipinski definition) is 3. The lowest BCUT2D eigenvalue weighted by Gasteiger charge is -2.18. The highest BCUT2D eigenvalue weighted by molar-refractivity contribution is 5.14. The van der Waals surface area contributed by atoms with E-state index in [-0.39, 0.29) is 18.2 Å². The van der Waals surface area contributed by atoms with Gasteiger partial charge in [-0.1, -0.05) is 12.2 Å². The number of fused-ring (bicyclic) bond motifs is 1. The molecule has 1 aliphatic carbocycles. The highest BCUT2D eigenvalue weighted by Crippen LogP contribution is 2.33. The molecule has 1 saturated heterocycles. The second-order valence-corrected chi connectivity index (χ2v) is 3.53. The first kappa shape index (κ1) is 7.28. The summed E-state index contributed by atoms with van der Waals surface area (Å²) in [6, 6.07) is 0.00164. The predicted molar refractivity (Wildman–Crippen MR) is 40.9 cm³/mol. The molecule has 3 nitrogen and oxygen atoms in total. The summed E-state index contributed by atoms with van der Waals surface area (Å²) in [5, 5.41) is 0. The monoisotopic (exact) mass is 155 g/mol. The van der Waals surface area contributed by atoms with Crippen molar-refractivity contribution in [3.8, 4) is 0 Å². The normalized spacial score (nSPS) is 46.3. The average Bonchev–Trinajstić information content (AvgIpc) is 2.31. The second-order valence-electron chi connectivity index (χ2n) is 3.53. The molecule has 2 N–H and O–H groups in total. The van der Waals surface area contributed by atoms with E-state index in [0.29, 0.717) is 0 Å². The molecule has 0 bridgehead atoms. The van der Waals surface area contributed by atoms with Gasteiger partial charge in [-0.2, -0.15) is 0 Å². The summed E-state index contributed by atoms with van der Waals surface area (Å²) in [5.74, 6) is -0.461. The zero-order chi connectivity index (χ0) is 8.06. The third-order valence-corrected chi connectivity index (χ3v) is 2.07. The summed E-state index contributed by atoms with van der Waals surface area (Å²) in [6.45, 7) is 3.82. The molecule has 1 aliphatic heterocycles. The molecule has 2 aliphatic rings. The van der Waals surface area contributed by atoms with Crippen LogP contribution < -0.4 is 5.73 Å². The number of ether oxygens (including phenoxy) is 2. The SMILES string of the molecule is CC1(C)OC2[C@H](N)C=C[C@H]2O1. The molecule has 0 radical (unpaired) electrons. The number of rotatable bonds is 0. The molecule has 11 heavy (non-hydrogen) atoms. The zero-order valence-electron chi connectivity index (χ0n) is 6.78. The zero-order valence-corrected chi connectivity index (χ0v) is 6.78. The Labute approximate surface area is 66.2 Å². The number of nitrogens with two attached hydrogens (primary N) is 1. The van der Waals surface area contributed by atoms with E-state index in [2.05, 4.69) is 0 Å². The van der Waals surface area contributed by atoms with E-state index in [9.17, 15) is 0 Å². The summed E-state index contributed by atoms with van der Waals surface area (Å²) in [7, 11) is 0. The summed E-state index contributed by atoms with van der Waals surface area (Å²) in [6.07, 6.45) is 4.01. The first-order valence-corrected chi connectivity index (χ1v) is 3.88. The third-order valence-electron chi connectivity index (χ3n) is 2.07. The van der Waals surface area contributed by atoms with Crippen molar-refractivity contribution in [1.29, 1.82) is 0 Å². The van der Waals surface area contributed by atoms with Crippen LogP contribution in [-0.4, -0.2) is 24.0 Å². The molecule has 1 heterocycles. The van der Waals surface area contributed by atoms with Gasteiger partial charge in [-0.3, -0.25) is 0 Å². The minimum Gasteiger partial charge on any atom is -0.342 e. The van der Waals surface area contributed by atoms with E-state index in [1.165, 1.54) is 0 Å². The van der Waals surface area contributed by atoms with Gasteiger partial charge in [0.2, 0.25) is 0 Å². The van der Waals surface area contributed by atoms with Crippen LogP contribution in [0.2, 0.25) is 0 Å². The van der Waals surface area contributed by atoms with Crippen LogP contribution in [0.3, 0.4) is 0 Å². The molecule has 3 heteroatoms. The maximum atomic E-state index is 5.75. The van der Waals surface area contributed by atoms with Crippen molar-refractivity contribution in [2.24, 2.45) is 5.73 Å². The van der Waals surface area contributed by atoms with Gasteiger partial charge in [0.15, 0.2) is 5.79 Å². The second kappa shape index (κ2) is 2.06. The van der Waals surface area contributed by atoms with E-state index >= 15 is 0 Å². The Morgan fingerprint density at radius 2 is 2.00 bits per heavy atom. The fraction of sp³-hybridized carbons (Fsp3) is 0.750. The van der Waals surface area contributed by atoms with Gasteiger partial charge in [0.25, 0.3) is 0 Å². The van der Waals surface area contributed by atoms with Crippen LogP contribution in [0.1, 0.15) is 13.8 Å². The largest absolute Gasteiger partial charge is 0.342 e. The van der Waals surface area contributed by atoms with E-state index in [1.54, 1.807) is 0 Å². The Bertz CT molecular complexity index is 200. The highest BCUT2D eigenvalue weighted by atomic mass is 16.8. The minimum atomic E-state index is -0.461. The topological polar surface area (TPSA) is 44.5 Å². The lowest BCUT2D eigenvalue weighted by Crippen LogP contribution is -2.35. The Morgan fingerprint density at radius 3 is 2.64 bits per heavy atom. The van der Waals surface area contributed by atoms with Crippen molar-refractivity contribution in [3.05, 3.63) is 12.2 Å². The van der Waals surface area contributed by atoms with Crippen LogP contribution in [0.5, 0.6) is 0 Å². The molecule has 3 atom stereocenters. The van der Waals surface area contributed by atoms with Gasteiger partial charge in [0.05, 0.1) is 6.04 Å². The summed E-state index contributed by atoms with van der Waals surface area (Å²) in [4.78, 5) is 0. The molecule has 1 fully saturated rings. The smallest absolute Gasteiger partial charge is 0.164 e. The van der Waals surface area contributed by atoms with Crippen molar-refractivity contribution in [1.82, 2.24) is 0 Å². The molecule has 0 aromatic heterocycles. The fourth-order valence-electron chi connectivity index (χ4n) is 1.61. The molecule has 0 aromatic rings. The van der Waals surface area contributed by atoms with E-state index in [4.69, 9.17) is 15.2 Å².